The lowest BCUT2D eigenvalue weighted by Crippen LogP contribution is -2.48. The van der Waals surface area contributed by atoms with Gasteiger partial charge in [-0.25, -0.2) is 9.59 Å². The first kappa shape index (κ1) is 14.6. The van der Waals surface area contributed by atoms with Gasteiger partial charge in [0.15, 0.2) is 0 Å². The van der Waals surface area contributed by atoms with Gasteiger partial charge in [0.1, 0.15) is 24.2 Å². The molecule has 0 aromatic carbocycles. The van der Waals surface area contributed by atoms with Gasteiger partial charge in [0.25, 0.3) is 0 Å². The van der Waals surface area contributed by atoms with Crippen LogP contribution in [-0.2, 0) is 14.3 Å². The molecule has 104 valence electrons. The van der Waals surface area contributed by atoms with Crippen LogP contribution in [0.3, 0.4) is 0 Å². The Morgan fingerprint density at radius 2 is 1.94 bits per heavy atom. The number of cyclic esters (lactones) is 1. The number of nitrogens with one attached hydrogen (secondary N) is 1. The second-order valence-corrected chi connectivity index (χ2v) is 4.90. The number of alkyl carbamates (subject to hydrolysis) is 1. The van der Waals surface area contributed by atoms with E-state index in [-0.39, 0.29) is 0 Å². The SMILES string of the molecule is CC(C)(C)OC(=O)N[C@H]1C(=O)OC[C@@H]1C(F)(F)F. The Bertz CT molecular complexity index is 348. The Balaban J connectivity index is 2.69. The highest BCUT2D eigenvalue weighted by atomic mass is 19.4. The molecular weight excluding hydrogens is 255 g/mol. The predicted octanol–water partition coefficient (Wildman–Crippen LogP) is 1.61. The quantitative estimate of drug-likeness (QED) is 0.734. The zero-order valence-electron chi connectivity index (χ0n) is 10.1. The summed E-state index contributed by atoms with van der Waals surface area (Å²) in [7, 11) is 0. The van der Waals surface area contributed by atoms with E-state index in [4.69, 9.17) is 4.74 Å². The number of hydrogen-bond donors (Lipinski definition) is 1. The average Bonchev–Trinajstić information content (AvgIpc) is 2.43. The van der Waals surface area contributed by atoms with Crippen LogP contribution in [0.5, 0.6) is 0 Å². The minimum atomic E-state index is -4.62. The van der Waals surface area contributed by atoms with Gasteiger partial charge >= 0.3 is 18.2 Å². The van der Waals surface area contributed by atoms with Crippen LogP contribution in [0, 0.1) is 5.92 Å². The minimum Gasteiger partial charge on any atom is -0.463 e. The van der Waals surface area contributed by atoms with E-state index in [1.165, 1.54) is 0 Å². The van der Waals surface area contributed by atoms with Gasteiger partial charge in [0, 0.05) is 0 Å². The number of halogens is 3. The van der Waals surface area contributed by atoms with Gasteiger partial charge in [-0.1, -0.05) is 0 Å². The summed E-state index contributed by atoms with van der Waals surface area (Å²) in [4.78, 5) is 22.5. The highest BCUT2D eigenvalue weighted by Gasteiger charge is 2.53. The van der Waals surface area contributed by atoms with E-state index >= 15 is 0 Å². The van der Waals surface area contributed by atoms with Crippen LogP contribution in [-0.4, -0.2) is 36.5 Å². The Labute approximate surface area is 102 Å². The third kappa shape index (κ3) is 3.78. The third-order valence-electron chi connectivity index (χ3n) is 2.15. The Kier molecular flexibility index (Phi) is 3.78. The van der Waals surface area contributed by atoms with Crippen molar-refractivity contribution >= 4 is 12.1 Å². The van der Waals surface area contributed by atoms with Crippen molar-refractivity contribution in [2.24, 2.45) is 5.92 Å². The average molecular weight is 269 g/mol. The van der Waals surface area contributed by atoms with Gasteiger partial charge in [-0.2, -0.15) is 13.2 Å². The number of esters is 1. The van der Waals surface area contributed by atoms with E-state index in [0.717, 1.165) is 0 Å². The molecule has 1 fully saturated rings. The molecule has 1 heterocycles. The van der Waals surface area contributed by atoms with Crippen LogP contribution in [0.25, 0.3) is 0 Å². The van der Waals surface area contributed by atoms with Gasteiger partial charge in [-0.3, -0.25) is 0 Å². The second kappa shape index (κ2) is 4.66. The summed E-state index contributed by atoms with van der Waals surface area (Å²) in [6.07, 6.45) is -5.70. The summed E-state index contributed by atoms with van der Waals surface area (Å²) in [6, 6.07) is -1.75. The molecule has 0 aromatic heterocycles. The van der Waals surface area contributed by atoms with E-state index in [0.29, 0.717) is 0 Å². The molecular formula is C10H14F3NO4. The van der Waals surface area contributed by atoms with Crippen molar-refractivity contribution in [3.63, 3.8) is 0 Å². The topological polar surface area (TPSA) is 64.6 Å². The summed E-state index contributed by atoms with van der Waals surface area (Å²) >= 11 is 0. The van der Waals surface area contributed by atoms with E-state index < -0.39 is 42.4 Å². The largest absolute Gasteiger partial charge is 0.463 e. The molecule has 0 bridgehead atoms. The zero-order valence-corrected chi connectivity index (χ0v) is 10.1. The lowest BCUT2D eigenvalue weighted by Gasteiger charge is -2.23. The lowest BCUT2D eigenvalue weighted by atomic mass is 10.0. The Morgan fingerprint density at radius 1 is 1.39 bits per heavy atom. The molecule has 8 heteroatoms. The monoisotopic (exact) mass is 269 g/mol. The summed E-state index contributed by atoms with van der Waals surface area (Å²) in [5.74, 6) is -3.15. The van der Waals surface area contributed by atoms with Crippen LogP contribution in [0.4, 0.5) is 18.0 Å². The molecule has 2 atom stereocenters. The van der Waals surface area contributed by atoms with Crippen LogP contribution >= 0.6 is 0 Å². The Morgan fingerprint density at radius 3 is 2.39 bits per heavy atom. The molecule has 1 saturated heterocycles. The minimum absolute atomic E-state index is 0.789. The first-order valence-electron chi connectivity index (χ1n) is 5.23. The van der Waals surface area contributed by atoms with Crippen molar-refractivity contribution in [1.82, 2.24) is 5.32 Å². The first-order valence-corrected chi connectivity index (χ1v) is 5.23. The number of rotatable bonds is 1. The smallest absolute Gasteiger partial charge is 0.408 e. The second-order valence-electron chi connectivity index (χ2n) is 4.90. The number of alkyl halides is 3. The third-order valence-corrected chi connectivity index (χ3v) is 2.15. The number of hydrogen-bond acceptors (Lipinski definition) is 4. The predicted molar refractivity (Wildman–Crippen MR) is 53.7 cm³/mol. The highest BCUT2D eigenvalue weighted by Crippen LogP contribution is 2.33. The van der Waals surface area contributed by atoms with Crippen LogP contribution in [0.1, 0.15) is 20.8 Å². The van der Waals surface area contributed by atoms with Gasteiger partial charge in [0.2, 0.25) is 0 Å². The summed E-state index contributed by atoms with van der Waals surface area (Å²) in [5.41, 5.74) is -0.861. The van der Waals surface area contributed by atoms with Crippen molar-refractivity contribution in [2.75, 3.05) is 6.61 Å². The molecule has 0 aromatic rings. The van der Waals surface area contributed by atoms with Crippen molar-refractivity contribution in [3.05, 3.63) is 0 Å². The van der Waals surface area contributed by atoms with Crippen molar-refractivity contribution in [2.45, 2.75) is 38.6 Å². The van der Waals surface area contributed by atoms with Crippen molar-refractivity contribution in [3.8, 4) is 0 Å². The molecule has 0 aliphatic carbocycles. The maximum Gasteiger partial charge on any atom is 0.408 e. The van der Waals surface area contributed by atoms with E-state index in [9.17, 15) is 22.8 Å². The van der Waals surface area contributed by atoms with E-state index in [2.05, 4.69) is 4.74 Å². The highest BCUT2D eigenvalue weighted by molar-refractivity contribution is 5.83. The molecule has 1 amide bonds. The molecule has 1 N–H and O–H groups in total. The fourth-order valence-corrected chi connectivity index (χ4v) is 1.40. The summed E-state index contributed by atoms with van der Waals surface area (Å²) < 4.78 is 46.7. The van der Waals surface area contributed by atoms with Crippen LogP contribution < -0.4 is 5.32 Å². The van der Waals surface area contributed by atoms with E-state index in [1.54, 1.807) is 20.8 Å². The fraction of sp³-hybridized carbons (Fsp3) is 0.800. The standard InChI is InChI=1S/C10H14F3NO4/c1-9(2,3)18-8(16)14-6-5(10(11,12)13)4-17-7(6)15/h5-6H,4H2,1-3H3,(H,14,16)/t5-,6+/m0/s1. The zero-order chi connectivity index (χ0) is 14.1. The number of carbonyl (C=O) groups is 2. The molecule has 0 unspecified atom stereocenters. The van der Waals surface area contributed by atoms with Crippen LogP contribution in [0.15, 0.2) is 0 Å². The van der Waals surface area contributed by atoms with Gasteiger partial charge < -0.3 is 14.8 Å². The van der Waals surface area contributed by atoms with Gasteiger partial charge in [0.05, 0.1) is 0 Å². The molecule has 0 radical (unpaired) electrons. The van der Waals surface area contributed by atoms with Crippen molar-refractivity contribution in [1.29, 1.82) is 0 Å². The molecule has 5 nitrogen and oxygen atoms in total. The summed E-state index contributed by atoms with van der Waals surface area (Å²) in [6.45, 7) is 3.88. The maximum absolute atomic E-state index is 12.5. The molecule has 1 aliphatic rings. The normalized spacial score (nSPS) is 24.7. The molecule has 18 heavy (non-hydrogen) atoms. The van der Waals surface area contributed by atoms with Gasteiger partial charge in [-0.05, 0) is 20.8 Å². The molecule has 1 rings (SSSR count). The lowest BCUT2D eigenvalue weighted by molar-refractivity contribution is -0.177. The van der Waals surface area contributed by atoms with Crippen molar-refractivity contribution < 1.29 is 32.2 Å². The number of amides is 1. The molecule has 0 spiro atoms. The maximum atomic E-state index is 12.5. The fourth-order valence-electron chi connectivity index (χ4n) is 1.40. The number of carbonyl (C=O) groups excluding carboxylic acids is 2. The molecule has 0 saturated carbocycles. The number of ether oxygens (including phenoxy) is 2. The summed E-state index contributed by atoms with van der Waals surface area (Å²) in [5, 5.41) is 1.89. The Hall–Kier alpha value is -1.47. The van der Waals surface area contributed by atoms with Gasteiger partial charge in [-0.15, -0.1) is 0 Å². The first-order chi connectivity index (χ1) is 8.00. The molecule has 1 aliphatic heterocycles. The van der Waals surface area contributed by atoms with Crippen LogP contribution in [0.2, 0.25) is 0 Å². The van der Waals surface area contributed by atoms with E-state index in [1.807, 2.05) is 5.32 Å².